The number of benzene rings is 2. The Kier molecular flexibility index (Phi) is 5.23. The number of aromatic carboxylic acids is 1. The molecule has 1 aromatic heterocycles. The summed E-state index contributed by atoms with van der Waals surface area (Å²) in [6.45, 7) is 1.41. The van der Waals surface area contributed by atoms with Crippen molar-refractivity contribution in [1.29, 1.82) is 0 Å². The van der Waals surface area contributed by atoms with Gasteiger partial charge in [-0.15, -0.1) is 0 Å². The number of hydrogen-bond donors (Lipinski definition) is 2. The Labute approximate surface area is 159 Å². The van der Waals surface area contributed by atoms with Crippen LogP contribution in [0.15, 0.2) is 53.3 Å². The van der Waals surface area contributed by atoms with Gasteiger partial charge in [-0.05, 0) is 30.7 Å². The minimum atomic E-state index is -1.27. The molecule has 0 saturated carbocycles. The van der Waals surface area contributed by atoms with Crippen LogP contribution in [0, 0.1) is 0 Å². The zero-order chi connectivity index (χ0) is 19.6. The number of carbonyl (C=O) groups excluding carboxylic acids is 1. The van der Waals surface area contributed by atoms with Crippen LogP contribution < -0.4 is 10.9 Å². The third-order valence-electron chi connectivity index (χ3n) is 4.11. The molecule has 8 heteroatoms. The van der Waals surface area contributed by atoms with E-state index < -0.39 is 17.4 Å². The molecule has 1 amide bonds. The first-order chi connectivity index (χ1) is 12.9. The summed E-state index contributed by atoms with van der Waals surface area (Å²) in [4.78, 5) is 36.4. The molecule has 2 aromatic carbocycles. The lowest BCUT2D eigenvalue weighted by Crippen LogP contribution is -2.35. The minimum absolute atomic E-state index is 0.198. The summed E-state index contributed by atoms with van der Waals surface area (Å²) in [5.74, 6) is -1.73. The number of carboxylic acids is 1. The summed E-state index contributed by atoms with van der Waals surface area (Å²) >= 11 is 5.85. The van der Waals surface area contributed by atoms with E-state index in [1.807, 2.05) is 0 Å². The molecule has 3 aromatic rings. The van der Waals surface area contributed by atoms with Crippen molar-refractivity contribution in [2.45, 2.75) is 19.5 Å². The number of nitrogens with zero attached hydrogens (tertiary/aromatic N) is 2. The molecule has 27 heavy (non-hydrogen) atoms. The Morgan fingerprint density at radius 1 is 1.15 bits per heavy atom. The molecule has 2 N–H and O–H groups in total. The van der Waals surface area contributed by atoms with Crippen molar-refractivity contribution in [2.24, 2.45) is 0 Å². The van der Waals surface area contributed by atoms with E-state index in [0.29, 0.717) is 5.02 Å². The van der Waals surface area contributed by atoms with E-state index in [9.17, 15) is 19.5 Å². The van der Waals surface area contributed by atoms with Gasteiger partial charge in [0.1, 0.15) is 6.54 Å². The second-order valence-electron chi connectivity index (χ2n) is 6.00. The number of fused-ring (bicyclic) bond motifs is 1. The fraction of sp³-hybridized carbons (Fsp3) is 0.158. The van der Waals surface area contributed by atoms with Crippen LogP contribution in [0.2, 0.25) is 5.02 Å². The summed E-state index contributed by atoms with van der Waals surface area (Å²) in [5.41, 5.74) is 0.0476. The van der Waals surface area contributed by atoms with Crippen molar-refractivity contribution < 1.29 is 14.7 Å². The highest BCUT2D eigenvalue weighted by atomic mass is 35.5. The number of halogens is 1. The molecule has 0 saturated heterocycles. The topological polar surface area (TPSA) is 101 Å². The van der Waals surface area contributed by atoms with Crippen molar-refractivity contribution in [3.63, 3.8) is 0 Å². The first kappa shape index (κ1) is 18.6. The molecule has 0 aliphatic carbocycles. The number of rotatable bonds is 5. The highest BCUT2D eigenvalue weighted by Crippen LogP contribution is 2.16. The Balaban J connectivity index is 1.86. The van der Waals surface area contributed by atoms with Gasteiger partial charge in [-0.25, -0.2) is 9.48 Å². The second-order valence-corrected chi connectivity index (χ2v) is 6.44. The predicted molar refractivity (Wildman–Crippen MR) is 101 cm³/mol. The van der Waals surface area contributed by atoms with E-state index in [-0.39, 0.29) is 29.1 Å². The van der Waals surface area contributed by atoms with Crippen molar-refractivity contribution >= 4 is 34.2 Å². The van der Waals surface area contributed by atoms with Gasteiger partial charge >= 0.3 is 5.97 Å². The average molecular weight is 386 g/mol. The highest BCUT2D eigenvalue weighted by molar-refractivity contribution is 6.30. The fourth-order valence-electron chi connectivity index (χ4n) is 2.76. The molecule has 0 bridgehead atoms. The molecule has 7 nitrogen and oxygen atoms in total. The number of hydrogen-bond acceptors (Lipinski definition) is 4. The van der Waals surface area contributed by atoms with Crippen LogP contribution in [-0.2, 0) is 11.3 Å². The molecule has 0 aliphatic rings. The Morgan fingerprint density at radius 2 is 1.78 bits per heavy atom. The molecule has 0 aliphatic heterocycles. The van der Waals surface area contributed by atoms with Crippen LogP contribution in [0.5, 0.6) is 0 Å². The minimum Gasteiger partial charge on any atom is -0.476 e. The quantitative estimate of drug-likeness (QED) is 0.703. The van der Waals surface area contributed by atoms with Gasteiger partial charge in [-0.3, -0.25) is 9.59 Å². The lowest BCUT2D eigenvalue weighted by atomic mass is 10.1. The third kappa shape index (κ3) is 3.98. The molecule has 0 spiro atoms. The molecule has 1 unspecified atom stereocenters. The monoisotopic (exact) mass is 385 g/mol. The van der Waals surface area contributed by atoms with Crippen LogP contribution in [-0.4, -0.2) is 26.8 Å². The van der Waals surface area contributed by atoms with Crippen LogP contribution in [0.3, 0.4) is 0 Å². The molecule has 138 valence electrons. The van der Waals surface area contributed by atoms with Gasteiger partial charge in [0.15, 0.2) is 5.69 Å². The van der Waals surface area contributed by atoms with Gasteiger partial charge in [0.2, 0.25) is 5.91 Å². The van der Waals surface area contributed by atoms with Gasteiger partial charge in [0, 0.05) is 10.4 Å². The predicted octanol–water partition coefficient (Wildman–Crippen LogP) is 2.63. The summed E-state index contributed by atoms with van der Waals surface area (Å²) < 4.78 is 0.871. The largest absolute Gasteiger partial charge is 0.476 e. The highest BCUT2D eigenvalue weighted by Gasteiger charge is 2.18. The lowest BCUT2D eigenvalue weighted by molar-refractivity contribution is -0.122. The summed E-state index contributed by atoms with van der Waals surface area (Å²) in [6, 6.07) is 13.0. The smallest absolute Gasteiger partial charge is 0.357 e. The Hall–Kier alpha value is -3.19. The van der Waals surface area contributed by atoms with Crippen molar-refractivity contribution in [3.05, 3.63) is 75.2 Å². The molecular formula is C19H16ClN3O4. The van der Waals surface area contributed by atoms with Gasteiger partial charge in [-0.1, -0.05) is 41.9 Å². The van der Waals surface area contributed by atoms with E-state index in [4.69, 9.17) is 11.6 Å². The molecule has 3 rings (SSSR count). The normalized spacial score (nSPS) is 11.9. The molecular weight excluding hydrogens is 370 g/mol. The van der Waals surface area contributed by atoms with E-state index in [0.717, 1.165) is 10.2 Å². The summed E-state index contributed by atoms with van der Waals surface area (Å²) in [5, 5.41) is 17.0. The maximum Gasteiger partial charge on any atom is 0.357 e. The second kappa shape index (κ2) is 7.59. The first-order valence-corrected chi connectivity index (χ1v) is 8.52. The van der Waals surface area contributed by atoms with Crippen molar-refractivity contribution in [1.82, 2.24) is 15.1 Å². The molecule has 1 heterocycles. The number of aromatic nitrogens is 2. The lowest BCUT2D eigenvalue weighted by Gasteiger charge is -2.15. The summed E-state index contributed by atoms with van der Waals surface area (Å²) in [6.07, 6.45) is 0. The molecule has 0 radical (unpaired) electrons. The van der Waals surface area contributed by atoms with E-state index in [1.54, 1.807) is 43.3 Å². The maximum absolute atomic E-state index is 12.5. The number of nitrogens with one attached hydrogen (secondary N) is 1. The number of carboxylic acid groups (broad SMARTS) is 1. The van der Waals surface area contributed by atoms with Crippen molar-refractivity contribution in [3.8, 4) is 0 Å². The fourth-order valence-corrected chi connectivity index (χ4v) is 2.88. The first-order valence-electron chi connectivity index (χ1n) is 8.15. The van der Waals surface area contributed by atoms with Crippen LogP contribution >= 0.6 is 11.6 Å². The van der Waals surface area contributed by atoms with Crippen molar-refractivity contribution in [2.75, 3.05) is 0 Å². The number of carbonyl (C=O) groups is 2. The zero-order valence-corrected chi connectivity index (χ0v) is 15.1. The Bertz CT molecular complexity index is 1080. The van der Waals surface area contributed by atoms with Gasteiger partial charge in [0.25, 0.3) is 5.56 Å². The van der Waals surface area contributed by atoms with E-state index >= 15 is 0 Å². The van der Waals surface area contributed by atoms with Gasteiger partial charge in [-0.2, -0.15) is 5.10 Å². The maximum atomic E-state index is 12.5. The van der Waals surface area contributed by atoms with Gasteiger partial charge in [0.05, 0.1) is 11.4 Å². The average Bonchev–Trinajstić information content (AvgIpc) is 2.64. The zero-order valence-electron chi connectivity index (χ0n) is 14.3. The van der Waals surface area contributed by atoms with E-state index in [1.165, 1.54) is 12.1 Å². The molecule has 0 fully saturated rings. The van der Waals surface area contributed by atoms with Crippen LogP contribution in [0.25, 0.3) is 10.8 Å². The number of amides is 1. The van der Waals surface area contributed by atoms with Gasteiger partial charge < -0.3 is 10.4 Å². The summed E-state index contributed by atoms with van der Waals surface area (Å²) in [7, 11) is 0. The third-order valence-corrected chi connectivity index (χ3v) is 4.36. The van der Waals surface area contributed by atoms with Crippen LogP contribution in [0.4, 0.5) is 0 Å². The molecule has 1 atom stereocenters. The Morgan fingerprint density at radius 3 is 2.41 bits per heavy atom. The SMILES string of the molecule is CC(NC(=O)Cn1nc(C(=O)O)c2ccccc2c1=O)c1ccc(Cl)cc1. The van der Waals surface area contributed by atoms with Crippen LogP contribution in [0.1, 0.15) is 29.0 Å². The standard InChI is InChI=1S/C19H16ClN3O4/c1-11(12-6-8-13(20)9-7-12)21-16(24)10-23-18(25)15-5-3-2-4-14(15)17(22-23)19(26)27/h2-9,11H,10H2,1H3,(H,21,24)(H,26,27). The van der Waals surface area contributed by atoms with E-state index in [2.05, 4.69) is 10.4 Å².